The molecular weight excluding hydrogens is 264 g/mol. The number of pyridine rings is 1. The zero-order valence-electron chi connectivity index (χ0n) is 11.0. The minimum Gasteiger partial charge on any atom is -0.388 e. The van der Waals surface area contributed by atoms with E-state index in [0.29, 0.717) is 13.0 Å². The van der Waals surface area contributed by atoms with Gasteiger partial charge in [0.2, 0.25) is 10.0 Å². The van der Waals surface area contributed by atoms with E-state index < -0.39 is 10.0 Å². The molecule has 0 bridgehead atoms. The fourth-order valence-electron chi connectivity index (χ4n) is 1.66. The summed E-state index contributed by atoms with van der Waals surface area (Å²) >= 11 is 0. The zero-order valence-corrected chi connectivity index (χ0v) is 11.9. The summed E-state index contributed by atoms with van der Waals surface area (Å²) in [5.74, 6) is 0.0609. The van der Waals surface area contributed by atoms with Gasteiger partial charge in [0, 0.05) is 31.9 Å². The molecule has 0 aliphatic rings. The number of nitrogens with two attached hydrogens (primary N) is 1. The van der Waals surface area contributed by atoms with Gasteiger partial charge in [-0.1, -0.05) is 6.92 Å². The van der Waals surface area contributed by atoms with Crippen LogP contribution in [-0.4, -0.2) is 42.4 Å². The summed E-state index contributed by atoms with van der Waals surface area (Å²) in [5, 5.41) is 7.15. The van der Waals surface area contributed by atoms with Crippen molar-refractivity contribution in [3.63, 3.8) is 0 Å². The molecule has 19 heavy (non-hydrogen) atoms. The molecule has 0 atom stereocenters. The Morgan fingerprint density at radius 2 is 2.05 bits per heavy atom. The summed E-state index contributed by atoms with van der Waals surface area (Å²) in [6.07, 6.45) is 4.02. The van der Waals surface area contributed by atoms with Gasteiger partial charge < -0.3 is 5.73 Å². The standard InChI is InChI=1S/C12H20N4O2S/c1-2-16(9-5-12(13)14)19(17,18)10-6-11-3-7-15-8-4-11/h3-4,7-8H,2,5-6,9-10H2,1H3,(H3,13,14). The number of amidine groups is 1. The zero-order chi connectivity index (χ0) is 14.3. The largest absolute Gasteiger partial charge is 0.388 e. The van der Waals surface area contributed by atoms with Gasteiger partial charge >= 0.3 is 0 Å². The Bertz CT molecular complexity index is 502. The molecule has 1 rings (SSSR count). The minimum atomic E-state index is -3.31. The van der Waals surface area contributed by atoms with E-state index >= 15 is 0 Å². The maximum atomic E-state index is 12.1. The quantitative estimate of drug-likeness (QED) is 0.539. The molecule has 1 heterocycles. The Labute approximate surface area is 114 Å². The molecule has 6 nitrogen and oxygen atoms in total. The second-order valence-electron chi connectivity index (χ2n) is 4.19. The number of sulfonamides is 1. The number of hydrogen-bond acceptors (Lipinski definition) is 4. The molecule has 106 valence electrons. The average Bonchev–Trinajstić information content (AvgIpc) is 2.38. The van der Waals surface area contributed by atoms with Gasteiger partial charge in [-0.25, -0.2) is 12.7 Å². The average molecular weight is 284 g/mol. The van der Waals surface area contributed by atoms with Crippen LogP contribution in [0.25, 0.3) is 0 Å². The van der Waals surface area contributed by atoms with Crippen molar-refractivity contribution in [2.24, 2.45) is 5.73 Å². The second-order valence-corrected chi connectivity index (χ2v) is 6.28. The summed E-state index contributed by atoms with van der Waals surface area (Å²) in [5.41, 5.74) is 6.20. The molecule has 0 aromatic carbocycles. The molecule has 0 saturated heterocycles. The molecule has 0 aliphatic carbocycles. The third kappa shape index (κ3) is 5.35. The first kappa shape index (κ1) is 15.6. The Hall–Kier alpha value is -1.47. The highest BCUT2D eigenvalue weighted by molar-refractivity contribution is 7.89. The molecule has 0 amide bonds. The van der Waals surface area contributed by atoms with E-state index in [0.717, 1.165) is 5.56 Å². The summed E-state index contributed by atoms with van der Waals surface area (Å²) in [6, 6.07) is 3.61. The Kier molecular flexibility index (Phi) is 5.91. The molecule has 0 unspecified atom stereocenters. The highest BCUT2D eigenvalue weighted by atomic mass is 32.2. The summed E-state index contributed by atoms with van der Waals surface area (Å²) in [7, 11) is -3.31. The van der Waals surface area contributed by atoms with Crippen molar-refractivity contribution in [2.45, 2.75) is 19.8 Å². The summed E-state index contributed by atoms with van der Waals surface area (Å²) < 4.78 is 25.7. The van der Waals surface area contributed by atoms with Crippen LogP contribution in [0, 0.1) is 5.41 Å². The van der Waals surface area contributed by atoms with E-state index in [2.05, 4.69) is 4.98 Å². The number of aryl methyl sites for hydroxylation is 1. The number of rotatable bonds is 8. The van der Waals surface area contributed by atoms with Gasteiger partial charge in [0.25, 0.3) is 0 Å². The molecule has 0 radical (unpaired) electrons. The van der Waals surface area contributed by atoms with E-state index in [4.69, 9.17) is 11.1 Å². The van der Waals surface area contributed by atoms with Crippen molar-refractivity contribution in [1.29, 1.82) is 5.41 Å². The molecule has 0 aliphatic heterocycles. The van der Waals surface area contributed by atoms with Crippen molar-refractivity contribution >= 4 is 15.9 Å². The normalized spacial score (nSPS) is 11.7. The topological polar surface area (TPSA) is 100 Å². The number of nitrogens with zero attached hydrogens (tertiary/aromatic N) is 2. The van der Waals surface area contributed by atoms with E-state index in [1.165, 1.54) is 4.31 Å². The molecule has 0 fully saturated rings. The van der Waals surface area contributed by atoms with Gasteiger partial charge in [0.1, 0.15) is 0 Å². The number of aromatic nitrogens is 1. The lowest BCUT2D eigenvalue weighted by atomic mass is 10.2. The molecule has 1 aromatic heterocycles. The molecule has 7 heteroatoms. The van der Waals surface area contributed by atoms with Gasteiger partial charge in [0.15, 0.2) is 0 Å². The third-order valence-electron chi connectivity index (χ3n) is 2.77. The van der Waals surface area contributed by atoms with Crippen LogP contribution < -0.4 is 5.73 Å². The number of hydrogen-bond donors (Lipinski definition) is 2. The first-order valence-electron chi connectivity index (χ1n) is 6.15. The molecule has 3 N–H and O–H groups in total. The fraction of sp³-hybridized carbons (Fsp3) is 0.500. The van der Waals surface area contributed by atoms with Gasteiger partial charge in [0.05, 0.1) is 11.6 Å². The molecular formula is C12H20N4O2S. The van der Waals surface area contributed by atoms with Gasteiger partial charge in [-0.2, -0.15) is 0 Å². The van der Waals surface area contributed by atoms with Gasteiger partial charge in [-0.15, -0.1) is 0 Å². The van der Waals surface area contributed by atoms with Crippen LogP contribution in [-0.2, 0) is 16.4 Å². The minimum absolute atomic E-state index is 0.00258. The van der Waals surface area contributed by atoms with Crippen LogP contribution in [0.3, 0.4) is 0 Å². The van der Waals surface area contributed by atoms with E-state index in [1.807, 2.05) is 0 Å². The van der Waals surface area contributed by atoms with Crippen LogP contribution >= 0.6 is 0 Å². The first-order valence-corrected chi connectivity index (χ1v) is 7.76. The lowest BCUT2D eigenvalue weighted by molar-refractivity contribution is 0.436. The smallest absolute Gasteiger partial charge is 0.214 e. The third-order valence-corrected chi connectivity index (χ3v) is 4.72. The van der Waals surface area contributed by atoms with Crippen LogP contribution in [0.15, 0.2) is 24.5 Å². The van der Waals surface area contributed by atoms with Crippen LogP contribution in [0.2, 0.25) is 0 Å². The first-order chi connectivity index (χ1) is 8.95. The van der Waals surface area contributed by atoms with E-state index in [-0.39, 0.29) is 24.6 Å². The van der Waals surface area contributed by atoms with Crippen molar-refractivity contribution in [3.05, 3.63) is 30.1 Å². The Morgan fingerprint density at radius 1 is 1.42 bits per heavy atom. The SMILES string of the molecule is CCN(CCC(=N)N)S(=O)(=O)CCc1ccncc1. The molecule has 0 saturated carbocycles. The number of nitrogens with one attached hydrogen (secondary N) is 1. The summed E-state index contributed by atoms with van der Waals surface area (Å²) in [6.45, 7) is 2.45. The molecule has 0 spiro atoms. The Morgan fingerprint density at radius 3 is 2.58 bits per heavy atom. The maximum absolute atomic E-state index is 12.1. The lowest BCUT2D eigenvalue weighted by Gasteiger charge is -2.20. The predicted molar refractivity (Wildman–Crippen MR) is 75.5 cm³/mol. The van der Waals surface area contributed by atoms with Crippen LogP contribution in [0.4, 0.5) is 0 Å². The van der Waals surface area contributed by atoms with Gasteiger partial charge in [-0.05, 0) is 24.1 Å². The van der Waals surface area contributed by atoms with Crippen LogP contribution in [0.1, 0.15) is 18.9 Å². The monoisotopic (exact) mass is 284 g/mol. The lowest BCUT2D eigenvalue weighted by Crippen LogP contribution is -2.35. The van der Waals surface area contributed by atoms with Gasteiger partial charge in [-0.3, -0.25) is 10.4 Å². The van der Waals surface area contributed by atoms with Crippen molar-refractivity contribution < 1.29 is 8.42 Å². The Balaban J connectivity index is 2.60. The van der Waals surface area contributed by atoms with Crippen LogP contribution in [0.5, 0.6) is 0 Å². The predicted octanol–water partition coefficient (Wildman–Crippen LogP) is 0.602. The van der Waals surface area contributed by atoms with E-state index in [1.54, 1.807) is 31.5 Å². The highest BCUT2D eigenvalue weighted by Gasteiger charge is 2.20. The fourth-order valence-corrected chi connectivity index (χ4v) is 3.18. The highest BCUT2D eigenvalue weighted by Crippen LogP contribution is 2.07. The molecule has 1 aromatic rings. The van der Waals surface area contributed by atoms with Crippen molar-refractivity contribution in [2.75, 3.05) is 18.8 Å². The van der Waals surface area contributed by atoms with Crippen molar-refractivity contribution in [1.82, 2.24) is 9.29 Å². The van der Waals surface area contributed by atoms with E-state index in [9.17, 15) is 8.42 Å². The maximum Gasteiger partial charge on any atom is 0.214 e. The summed E-state index contributed by atoms with van der Waals surface area (Å²) in [4.78, 5) is 3.89. The second kappa shape index (κ2) is 7.20. The van der Waals surface area contributed by atoms with Crippen molar-refractivity contribution in [3.8, 4) is 0 Å².